The van der Waals surface area contributed by atoms with Gasteiger partial charge in [-0.25, -0.2) is 4.98 Å². The number of imidazole rings is 1. The fourth-order valence-electron chi connectivity index (χ4n) is 1.76. The lowest BCUT2D eigenvalue weighted by Gasteiger charge is -2.07. The second kappa shape index (κ2) is 5.64. The van der Waals surface area contributed by atoms with Crippen LogP contribution in [-0.2, 0) is 13.0 Å². The molecule has 4 nitrogen and oxygen atoms in total. The van der Waals surface area contributed by atoms with Crippen LogP contribution in [0.2, 0.25) is 0 Å². The lowest BCUT2D eigenvalue weighted by molar-refractivity contribution is 0.414. The van der Waals surface area contributed by atoms with Crippen LogP contribution in [0.3, 0.4) is 0 Å². The van der Waals surface area contributed by atoms with Crippen molar-refractivity contribution in [3.63, 3.8) is 0 Å². The molecule has 2 N–H and O–H groups in total. The molecular formula is C13H15N3OS. The lowest BCUT2D eigenvalue weighted by atomic mass is 10.1. The number of hydrogen-bond acceptors (Lipinski definition) is 3. The number of ether oxygens (including phenoxy) is 1. The molecule has 0 spiro atoms. The summed E-state index contributed by atoms with van der Waals surface area (Å²) in [6.07, 6.45) is 4.50. The molecule has 0 aliphatic carbocycles. The summed E-state index contributed by atoms with van der Waals surface area (Å²) in [6, 6.07) is 8.02. The molecule has 2 aromatic rings. The zero-order valence-corrected chi connectivity index (χ0v) is 11.0. The van der Waals surface area contributed by atoms with Crippen molar-refractivity contribution in [2.75, 3.05) is 7.11 Å². The number of aromatic nitrogens is 2. The van der Waals surface area contributed by atoms with Crippen molar-refractivity contribution in [2.24, 2.45) is 5.73 Å². The molecule has 94 valence electrons. The van der Waals surface area contributed by atoms with Crippen molar-refractivity contribution < 1.29 is 4.74 Å². The Morgan fingerprint density at radius 1 is 1.39 bits per heavy atom. The first-order chi connectivity index (χ1) is 8.70. The number of methoxy groups -OCH3 is 1. The predicted octanol–water partition coefficient (Wildman–Crippen LogP) is 1.77. The maximum Gasteiger partial charge on any atom is 0.167 e. The van der Waals surface area contributed by atoms with Crippen LogP contribution >= 0.6 is 12.2 Å². The minimum Gasteiger partial charge on any atom is -0.497 e. The van der Waals surface area contributed by atoms with Crippen LogP contribution in [0.4, 0.5) is 0 Å². The number of nitrogens with two attached hydrogens (primary N) is 1. The van der Waals surface area contributed by atoms with E-state index in [0.717, 1.165) is 18.7 Å². The van der Waals surface area contributed by atoms with Gasteiger partial charge in [-0.1, -0.05) is 24.4 Å². The normalized spacial score (nSPS) is 10.3. The summed E-state index contributed by atoms with van der Waals surface area (Å²) in [5, 5.41) is 0. The molecule has 0 aliphatic heterocycles. The summed E-state index contributed by atoms with van der Waals surface area (Å²) in [6.45, 7) is 0.805. The van der Waals surface area contributed by atoms with E-state index < -0.39 is 0 Å². The highest BCUT2D eigenvalue weighted by atomic mass is 32.1. The van der Waals surface area contributed by atoms with Gasteiger partial charge in [0.2, 0.25) is 0 Å². The van der Waals surface area contributed by atoms with E-state index >= 15 is 0 Å². The van der Waals surface area contributed by atoms with Gasteiger partial charge in [-0.2, -0.15) is 0 Å². The average Bonchev–Trinajstić information content (AvgIpc) is 2.85. The van der Waals surface area contributed by atoms with Crippen molar-refractivity contribution in [3.05, 3.63) is 48.0 Å². The first-order valence-corrected chi connectivity index (χ1v) is 6.05. The molecule has 18 heavy (non-hydrogen) atoms. The third-order valence-corrected chi connectivity index (χ3v) is 2.92. The quantitative estimate of drug-likeness (QED) is 0.833. The largest absolute Gasteiger partial charge is 0.497 e. The van der Waals surface area contributed by atoms with Gasteiger partial charge in [-0.15, -0.1) is 0 Å². The highest BCUT2D eigenvalue weighted by Gasteiger charge is 2.05. The van der Waals surface area contributed by atoms with E-state index in [4.69, 9.17) is 22.7 Å². The Labute approximate surface area is 111 Å². The third kappa shape index (κ3) is 2.87. The molecule has 0 unspecified atom stereocenters. The smallest absolute Gasteiger partial charge is 0.167 e. The summed E-state index contributed by atoms with van der Waals surface area (Å²) in [7, 11) is 1.66. The molecule has 0 saturated carbocycles. The Morgan fingerprint density at radius 2 is 2.11 bits per heavy atom. The zero-order chi connectivity index (χ0) is 13.0. The number of nitrogens with zero attached hydrogens (tertiary/aromatic N) is 2. The van der Waals surface area contributed by atoms with Gasteiger partial charge in [-0.05, 0) is 24.1 Å². The molecule has 0 amide bonds. The van der Waals surface area contributed by atoms with Gasteiger partial charge in [0, 0.05) is 18.9 Å². The van der Waals surface area contributed by atoms with E-state index in [2.05, 4.69) is 17.1 Å². The van der Waals surface area contributed by atoms with Crippen LogP contribution in [-0.4, -0.2) is 21.6 Å². The van der Waals surface area contributed by atoms with Gasteiger partial charge in [-0.3, -0.25) is 0 Å². The summed E-state index contributed by atoms with van der Waals surface area (Å²) < 4.78 is 7.09. The van der Waals surface area contributed by atoms with E-state index in [0.29, 0.717) is 10.8 Å². The average molecular weight is 261 g/mol. The van der Waals surface area contributed by atoms with Crippen LogP contribution in [0.5, 0.6) is 5.75 Å². The molecule has 0 radical (unpaired) electrons. The van der Waals surface area contributed by atoms with E-state index in [1.54, 1.807) is 13.3 Å². The molecule has 0 aliphatic rings. The van der Waals surface area contributed by atoms with Gasteiger partial charge in [0.1, 0.15) is 10.7 Å². The van der Waals surface area contributed by atoms with Gasteiger partial charge < -0.3 is 15.0 Å². The van der Waals surface area contributed by atoms with Crippen LogP contribution in [0.1, 0.15) is 11.4 Å². The Morgan fingerprint density at radius 3 is 2.72 bits per heavy atom. The van der Waals surface area contributed by atoms with Crippen molar-refractivity contribution in [3.8, 4) is 5.75 Å². The molecule has 5 heteroatoms. The van der Waals surface area contributed by atoms with Crippen LogP contribution in [0, 0.1) is 0 Å². The summed E-state index contributed by atoms with van der Waals surface area (Å²) in [5.41, 5.74) is 6.83. The molecule has 0 fully saturated rings. The van der Waals surface area contributed by atoms with Crippen LogP contribution in [0.15, 0.2) is 36.7 Å². The molecule has 1 aromatic carbocycles. The molecule has 1 heterocycles. The second-order valence-corrected chi connectivity index (χ2v) is 4.35. The Bertz CT molecular complexity index is 533. The summed E-state index contributed by atoms with van der Waals surface area (Å²) in [4.78, 5) is 4.46. The van der Waals surface area contributed by atoms with Crippen LogP contribution in [0.25, 0.3) is 0 Å². The first-order valence-electron chi connectivity index (χ1n) is 5.64. The summed E-state index contributed by atoms with van der Waals surface area (Å²) in [5.74, 6) is 1.53. The highest BCUT2D eigenvalue weighted by Crippen LogP contribution is 2.12. The number of hydrogen-bond donors (Lipinski definition) is 1. The summed E-state index contributed by atoms with van der Waals surface area (Å²) >= 11 is 4.94. The molecule has 0 bridgehead atoms. The van der Waals surface area contributed by atoms with Gasteiger partial charge >= 0.3 is 0 Å². The minimum atomic E-state index is 0.328. The molecule has 2 rings (SSSR count). The van der Waals surface area contributed by atoms with Crippen LogP contribution < -0.4 is 10.5 Å². The monoisotopic (exact) mass is 261 g/mol. The van der Waals surface area contributed by atoms with Gasteiger partial charge in [0.05, 0.1) is 7.11 Å². The third-order valence-electron chi connectivity index (χ3n) is 2.74. The molecule has 0 atom stereocenters. The SMILES string of the molecule is COc1ccc(CCn2ccnc2C(N)=S)cc1. The zero-order valence-electron chi connectivity index (χ0n) is 10.2. The topological polar surface area (TPSA) is 53.1 Å². The fourth-order valence-corrected chi connectivity index (χ4v) is 1.93. The Kier molecular flexibility index (Phi) is 3.94. The van der Waals surface area contributed by atoms with E-state index in [1.807, 2.05) is 22.9 Å². The molecule has 1 aromatic heterocycles. The van der Waals surface area contributed by atoms with Gasteiger partial charge in [0.15, 0.2) is 5.82 Å². The standard InChI is InChI=1S/C13H15N3OS/c1-17-11-4-2-10(3-5-11)6-8-16-9-7-15-13(16)12(14)18/h2-5,7,9H,6,8H2,1H3,(H2,14,18). The number of benzene rings is 1. The maximum absolute atomic E-state index is 5.60. The van der Waals surface area contributed by atoms with Crippen molar-refractivity contribution in [1.82, 2.24) is 9.55 Å². The predicted molar refractivity (Wildman–Crippen MR) is 74.8 cm³/mol. The highest BCUT2D eigenvalue weighted by molar-refractivity contribution is 7.80. The Hall–Kier alpha value is -1.88. The van der Waals surface area contributed by atoms with Crippen molar-refractivity contribution in [1.29, 1.82) is 0 Å². The first kappa shape index (κ1) is 12.6. The Balaban J connectivity index is 2.02. The maximum atomic E-state index is 5.60. The molecular weight excluding hydrogens is 246 g/mol. The van der Waals surface area contributed by atoms with Crippen molar-refractivity contribution in [2.45, 2.75) is 13.0 Å². The van der Waals surface area contributed by atoms with E-state index in [-0.39, 0.29) is 0 Å². The van der Waals surface area contributed by atoms with Crippen molar-refractivity contribution >= 4 is 17.2 Å². The fraction of sp³-hybridized carbons (Fsp3) is 0.231. The van der Waals surface area contributed by atoms with E-state index in [1.165, 1.54) is 5.56 Å². The lowest BCUT2D eigenvalue weighted by Crippen LogP contribution is -2.17. The minimum absolute atomic E-state index is 0.328. The number of thiocarbonyl (C=S) groups is 1. The van der Waals surface area contributed by atoms with Gasteiger partial charge in [0.25, 0.3) is 0 Å². The number of aryl methyl sites for hydroxylation is 2. The second-order valence-electron chi connectivity index (χ2n) is 3.91. The number of rotatable bonds is 5. The molecule has 0 saturated heterocycles. The van der Waals surface area contributed by atoms with E-state index in [9.17, 15) is 0 Å².